The van der Waals surface area contributed by atoms with Crippen molar-refractivity contribution in [3.05, 3.63) is 54.1 Å². The summed E-state index contributed by atoms with van der Waals surface area (Å²) in [6, 6.07) is 14.7. The maximum Gasteiger partial charge on any atom is 0.387 e. The van der Waals surface area contributed by atoms with Gasteiger partial charge in [0.2, 0.25) is 0 Å². The fourth-order valence-electron chi connectivity index (χ4n) is 2.99. The van der Waals surface area contributed by atoms with Crippen molar-refractivity contribution in [1.29, 1.82) is 0 Å². The van der Waals surface area contributed by atoms with Crippen molar-refractivity contribution in [2.75, 3.05) is 36.4 Å². The lowest BCUT2D eigenvalue weighted by molar-refractivity contribution is -0.0498. The predicted molar refractivity (Wildman–Crippen MR) is 104 cm³/mol. The van der Waals surface area contributed by atoms with Gasteiger partial charge < -0.3 is 19.9 Å². The van der Waals surface area contributed by atoms with Crippen LogP contribution in [0.25, 0.3) is 0 Å². The minimum absolute atomic E-state index is 0.128. The van der Waals surface area contributed by atoms with E-state index in [0.717, 1.165) is 31.9 Å². The highest BCUT2D eigenvalue weighted by Gasteiger charge is 2.20. The molecule has 0 aliphatic carbocycles. The molecule has 2 aromatic carbocycles. The lowest BCUT2D eigenvalue weighted by Crippen LogP contribution is -2.50. The number of halogens is 2. The second-order valence-electron chi connectivity index (χ2n) is 6.09. The Morgan fingerprint density at radius 1 is 1.04 bits per heavy atom. The molecule has 1 heterocycles. The molecule has 0 unspecified atom stereocenters. The highest BCUT2D eigenvalue weighted by molar-refractivity contribution is 7.80. The van der Waals surface area contributed by atoms with Crippen LogP contribution in [0.5, 0.6) is 5.75 Å². The van der Waals surface area contributed by atoms with Crippen LogP contribution in [0.1, 0.15) is 5.56 Å². The molecule has 0 radical (unpaired) electrons. The maximum atomic E-state index is 12.2. The van der Waals surface area contributed by atoms with Crippen LogP contribution in [0.4, 0.5) is 20.2 Å². The Bertz CT molecular complexity index is 747. The average Bonchev–Trinajstić information content (AvgIpc) is 2.63. The highest BCUT2D eigenvalue weighted by Crippen LogP contribution is 2.22. The van der Waals surface area contributed by atoms with Crippen LogP contribution >= 0.6 is 12.2 Å². The number of rotatable bonds is 4. The molecule has 1 saturated heterocycles. The van der Waals surface area contributed by atoms with Gasteiger partial charge in [0.1, 0.15) is 5.75 Å². The van der Waals surface area contributed by atoms with Crippen LogP contribution in [-0.4, -0.2) is 42.8 Å². The number of anilines is 2. The number of nitrogens with zero attached hydrogens (tertiary/aromatic N) is 2. The molecule has 0 spiro atoms. The van der Waals surface area contributed by atoms with Crippen LogP contribution in [0.2, 0.25) is 0 Å². The number of para-hydroxylation sites is 1. The molecule has 4 nitrogen and oxygen atoms in total. The quantitative estimate of drug-likeness (QED) is 0.810. The number of hydrogen-bond acceptors (Lipinski definition) is 3. The van der Waals surface area contributed by atoms with Gasteiger partial charge in [0.15, 0.2) is 5.11 Å². The molecule has 7 heteroatoms. The van der Waals surface area contributed by atoms with Gasteiger partial charge in [-0.15, -0.1) is 0 Å². The molecule has 1 aliphatic rings. The van der Waals surface area contributed by atoms with Gasteiger partial charge >= 0.3 is 6.61 Å². The molecular formula is C19H21F2N3OS. The topological polar surface area (TPSA) is 27.7 Å². The Labute approximate surface area is 157 Å². The van der Waals surface area contributed by atoms with Crippen LogP contribution in [0.15, 0.2) is 48.5 Å². The molecule has 26 heavy (non-hydrogen) atoms. The van der Waals surface area contributed by atoms with Crippen molar-refractivity contribution in [3.63, 3.8) is 0 Å². The summed E-state index contributed by atoms with van der Waals surface area (Å²) in [7, 11) is 0. The van der Waals surface area contributed by atoms with E-state index in [4.69, 9.17) is 12.2 Å². The highest BCUT2D eigenvalue weighted by atomic mass is 32.1. The molecular weight excluding hydrogens is 356 g/mol. The van der Waals surface area contributed by atoms with Crippen molar-refractivity contribution in [2.45, 2.75) is 13.5 Å². The van der Waals surface area contributed by atoms with Gasteiger partial charge in [-0.1, -0.05) is 18.2 Å². The second kappa shape index (κ2) is 8.31. The first-order valence-electron chi connectivity index (χ1n) is 8.44. The van der Waals surface area contributed by atoms with Gasteiger partial charge in [0.05, 0.1) is 0 Å². The smallest absolute Gasteiger partial charge is 0.387 e. The molecule has 138 valence electrons. The first-order chi connectivity index (χ1) is 12.5. The van der Waals surface area contributed by atoms with E-state index in [1.54, 1.807) is 12.1 Å². The molecule has 0 bridgehead atoms. The number of piperazine rings is 1. The van der Waals surface area contributed by atoms with Gasteiger partial charge in [-0.3, -0.25) is 0 Å². The maximum absolute atomic E-state index is 12.2. The van der Waals surface area contributed by atoms with E-state index >= 15 is 0 Å². The zero-order valence-corrected chi connectivity index (χ0v) is 15.3. The first-order valence-corrected chi connectivity index (χ1v) is 8.85. The van der Waals surface area contributed by atoms with Crippen molar-refractivity contribution in [3.8, 4) is 5.75 Å². The Morgan fingerprint density at radius 3 is 2.31 bits per heavy atom. The number of nitrogens with one attached hydrogen (secondary N) is 1. The average molecular weight is 377 g/mol. The third-order valence-electron chi connectivity index (χ3n) is 4.35. The van der Waals surface area contributed by atoms with Crippen LogP contribution in [0, 0.1) is 6.92 Å². The summed E-state index contributed by atoms with van der Waals surface area (Å²) in [6.07, 6.45) is 0. The Morgan fingerprint density at radius 2 is 1.69 bits per heavy atom. The fraction of sp³-hybridized carbons (Fsp3) is 0.316. The third kappa shape index (κ3) is 4.60. The molecule has 0 atom stereocenters. The van der Waals surface area contributed by atoms with E-state index in [1.165, 1.54) is 23.4 Å². The molecule has 2 aromatic rings. The zero-order valence-electron chi connectivity index (χ0n) is 14.5. The molecule has 0 saturated carbocycles. The number of benzene rings is 2. The Balaban J connectivity index is 1.53. The number of alkyl halides is 2. The summed E-state index contributed by atoms with van der Waals surface area (Å²) in [4.78, 5) is 4.48. The van der Waals surface area contributed by atoms with E-state index in [0.29, 0.717) is 5.11 Å². The summed E-state index contributed by atoms with van der Waals surface area (Å²) in [5.74, 6) is 0.128. The molecule has 3 rings (SSSR count). The van der Waals surface area contributed by atoms with Crippen LogP contribution < -0.4 is 15.0 Å². The zero-order chi connectivity index (χ0) is 18.5. The van der Waals surface area contributed by atoms with Gasteiger partial charge in [-0.25, -0.2) is 0 Å². The second-order valence-corrected chi connectivity index (χ2v) is 6.48. The minimum Gasteiger partial charge on any atom is -0.435 e. The van der Waals surface area contributed by atoms with E-state index in [-0.39, 0.29) is 5.75 Å². The molecule has 0 aromatic heterocycles. The van der Waals surface area contributed by atoms with E-state index in [1.807, 2.05) is 6.07 Å². The number of hydrogen-bond donors (Lipinski definition) is 1. The normalized spacial score (nSPS) is 14.5. The number of aryl methyl sites for hydroxylation is 1. The number of ether oxygens (including phenoxy) is 1. The molecule has 1 fully saturated rings. The summed E-state index contributed by atoms with van der Waals surface area (Å²) in [5.41, 5.74) is 3.28. The lowest BCUT2D eigenvalue weighted by Gasteiger charge is -2.38. The predicted octanol–water partition coefficient (Wildman–Crippen LogP) is 4.12. The first kappa shape index (κ1) is 18.4. The van der Waals surface area contributed by atoms with Gasteiger partial charge in [0.25, 0.3) is 0 Å². The van der Waals surface area contributed by atoms with E-state index in [2.05, 4.69) is 45.0 Å². The van der Waals surface area contributed by atoms with Crippen molar-refractivity contribution in [1.82, 2.24) is 4.90 Å². The molecule has 1 aliphatic heterocycles. The van der Waals surface area contributed by atoms with Crippen molar-refractivity contribution in [2.24, 2.45) is 0 Å². The minimum atomic E-state index is -2.82. The molecule has 0 amide bonds. The summed E-state index contributed by atoms with van der Waals surface area (Å²) in [6.45, 7) is 2.75. The number of thiocarbonyl (C=S) groups is 1. The SMILES string of the molecule is Cc1ccccc1N1CCN(C(=S)Nc2ccc(OC(F)F)cc2)CC1. The van der Waals surface area contributed by atoms with Crippen molar-refractivity contribution >= 4 is 28.7 Å². The Kier molecular flexibility index (Phi) is 5.88. The van der Waals surface area contributed by atoms with Crippen LogP contribution in [0.3, 0.4) is 0 Å². The largest absolute Gasteiger partial charge is 0.435 e. The third-order valence-corrected chi connectivity index (χ3v) is 4.71. The van der Waals surface area contributed by atoms with Gasteiger partial charge in [0, 0.05) is 37.6 Å². The summed E-state index contributed by atoms with van der Waals surface area (Å²) in [5, 5.41) is 3.79. The van der Waals surface area contributed by atoms with Crippen LogP contribution in [-0.2, 0) is 0 Å². The van der Waals surface area contributed by atoms with Gasteiger partial charge in [-0.05, 0) is 55.0 Å². The van der Waals surface area contributed by atoms with E-state index in [9.17, 15) is 8.78 Å². The Hall–Kier alpha value is -2.41. The standard InChI is InChI=1S/C19H21F2N3OS/c1-14-4-2-3-5-17(14)23-10-12-24(13-11-23)19(26)22-15-6-8-16(9-7-15)25-18(20)21/h2-9,18H,10-13H2,1H3,(H,22,26). The van der Waals surface area contributed by atoms with E-state index < -0.39 is 6.61 Å². The molecule has 1 N–H and O–H groups in total. The van der Waals surface area contributed by atoms with Crippen molar-refractivity contribution < 1.29 is 13.5 Å². The monoisotopic (exact) mass is 377 g/mol. The fourth-order valence-corrected chi connectivity index (χ4v) is 3.29. The summed E-state index contributed by atoms with van der Waals surface area (Å²) >= 11 is 5.48. The lowest BCUT2D eigenvalue weighted by atomic mass is 10.1. The summed E-state index contributed by atoms with van der Waals surface area (Å²) < 4.78 is 28.7. The van der Waals surface area contributed by atoms with Gasteiger partial charge in [-0.2, -0.15) is 8.78 Å².